The van der Waals surface area contributed by atoms with Gasteiger partial charge in [0.1, 0.15) is 0 Å². The van der Waals surface area contributed by atoms with Crippen molar-refractivity contribution in [2.75, 3.05) is 11.9 Å². The molecule has 2 N–H and O–H groups in total. The summed E-state index contributed by atoms with van der Waals surface area (Å²) in [4.78, 5) is 13.3. The smallest absolute Gasteiger partial charge is 0.224 e. The lowest BCUT2D eigenvalue weighted by Crippen LogP contribution is -2.13. The van der Waals surface area contributed by atoms with Crippen molar-refractivity contribution >= 4 is 22.9 Å². The maximum absolute atomic E-state index is 11.9. The summed E-state index contributed by atoms with van der Waals surface area (Å²) in [5.41, 5.74) is 2.07. The molecule has 0 unspecified atom stereocenters. The summed E-state index contributed by atoms with van der Waals surface area (Å²) in [5.74, 6) is 0.0900. The molecule has 0 aliphatic carbocycles. The first-order valence-corrected chi connectivity index (χ1v) is 8.28. The van der Waals surface area contributed by atoms with Gasteiger partial charge in [0, 0.05) is 23.5 Å². The van der Waals surface area contributed by atoms with Gasteiger partial charge in [-0.05, 0) is 48.5 Å². The molecule has 2 rings (SSSR count). The topological polar surface area (TPSA) is 41.1 Å². The highest BCUT2D eigenvalue weighted by Gasteiger charge is 2.04. The highest BCUT2D eigenvalue weighted by molar-refractivity contribution is 7.09. The van der Waals surface area contributed by atoms with Crippen LogP contribution in [-0.2, 0) is 17.8 Å². The van der Waals surface area contributed by atoms with Gasteiger partial charge in [-0.3, -0.25) is 4.79 Å². The molecule has 0 spiro atoms. The fourth-order valence-electron chi connectivity index (χ4n) is 2.13. The van der Waals surface area contributed by atoms with Gasteiger partial charge in [-0.15, -0.1) is 11.3 Å². The molecule has 4 heteroatoms. The van der Waals surface area contributed by atoms with Crippen LogP contribution in [0.25, 0.3) is 0 Å². The summed E-state index contributed by atoms with van der Waals surface area (Å²) >= 11 is 1.75. The Kier molecular flexibility index (Phi) is 6.44. The molecular formula is C17H22N2OS. The number of thiophene rings is 1. The van der Waals surface area contributed by atoms with E-state index in [2.05, 4.69) is 41.1 Å². The molecule has 0 aliphatic rings. The molecule has 0 radical (unpaired) electrons. The van der Waals surface area contributed by atoms with Gasteiger partial charge in [-0.25, -0.2) is 0 Å². The van der Waals surface area contributed by atoms with E-state index in [4.69, 9.17) is 0 Å². The lowest BCUT2D eigenvalue weighted by atomic mass is 10.1. The van der Waals surface area contributed by atoms with Crippen LogP contribution in [0.15, 0.2) is 41.8 Å². The van der Waals surface area contributed by atoms with Gasteiger partial charge >= 0.3 is 0 Å². The average molecular weight is 302 g/mol. The number of anilines is 1. The first-order valence-electron chi connectivity index (χ1n) is 7.40. The third kappa shape index (κ3) is 5.69. The van der Waals surface area contributed by atoms with E-state index in [1.165, 1.54) is 10.4 Å². The number of aryl methyl sites for hydroxylation is 1. The monoisotopic (exact) mass is 302 g/mol. The predicted octanol–water partition coefficient (Wildman–Crippen LogP) is 3.82. The molecule has 3 nitrogen and oxygen atoms in total. The van der Waals surface area contributed by atoms with E-state index < -0.39 is 0 Å². The van der Waals surface area contributed by atoms with Gasteiger partial charge in [-0.1, -0.05) is 25.1 Å². The summed E-state index contributed by atoms with van der Waals surface area (Å²) in [5, 5.41) is 8.33. The normalized spacial score (nSPS) is 10.5. The number of carbonyl (C=O) groups excluding carboxylic acids is 1. The second-order valence-corrected chi connectivity index (χ2v) is 5.99. The fourth-order valence-corrected chi connectivity index (χ4v) is 2.88. The van der Waals surface area contributed by atoms with E-state index >= 15 is 0 Å². The maximum atomic E-state index is 11.9. The second-order valence-electron chi connectivity index (χ2n) is 4.96. The summed E-state index contributed by atoms with van der Waals surface area (Å²) in [6.07, 6.45) is 2.43. The van der Waals surface area contributed by atoms with Crippen molar-refractivity contribution in [3.05, 3.63) is 52.2 Å². The molecule has 1 aromatic heterocycles. The quantitative estimate of drug-likeness (QED) is 0.778. The minimum Gasteiger partial charge on any atom is -0.326 e. The molecule has 0 bridgehead atoms. The van der Waals surface area contributed by atoms with Crippen LogP contribution in [0.2, 0.25) is 0 Å². The molecule has 1 heterocycles. The molecule has 0 fully saturated rings. The molecule has 2 aromatic rings. The third-order valence-electron chi connectivity index (χ3n) is 3.20. The van der Waals surface area contributed by atoms with Crippen LogP contribution in [-0.4, -0.2) is 12.5 Å². The summed E-state index contributed by atoms with van der Waals surface area (Å²) in [6.45, 7) is 3.86. The molecule has 21 heavy (non-hydrogen) atoms. The van der Waals surface area contributed by atoms with Crippen LogP contribution in [0.3, 0.4) is 0 Å². The minimum absolute atomic E-state index is 0.0900. The Morgan fingerprint density at radius 1 is 1.24 bits per heavy atom. The van der Waals surface area contributed by atoms with Gasteiger partial charge in [-0.2, -0.15) is 0 Å². The van der Waals surface area contributed by atoms with Crippen LogP contribution in [0, 0.1) is 0 Å². The van der Waals surface area contributed by atoms with Gasteiger partial charge < -0.3 is 10.6 Å². The number of carbonyl (C=O) groups is 1. The highest BCUT2D eigenvalue weighted by atomic mass is 32.1. The molecule has 1 aromatic carbocycles. The number of nitrogens with one attached hydrogen (secondary N) is 2. The van der Waals surface area contributed by atoms with Crippen LogP contribution in [0.4, 0.5) is 5.69 Å². The standard InChI is InChI=1S/C17H22N2OS/c1-2-18-13-14-6-3-7-15(12-14)19-17(20)10-4-8-16-9-5-11-21-16/h3,5-7,9,11-12,18H,2,4,8,10,13H2,1H3,(H,19,20). The summed E-state index contributed by atoms with van der Waals surface area (Å²) < 4.78 is 0. The van der Waals surface area contributed by atoms with Crippen LogP contribution >= 0.6 is 11.3 Å². The van der Waals surface area contributed by atoms with Gasteiger partial charge in [0.2, 0.25) is 5.91 Å². The van der Waals surface area contributed by atoms with Crippen molar-refractivity contribution in [2.45, 2.75) is 32.7 Å². The number of hydrogen-bond donors (Lipinski definition) is 2. The molecular weight excluding hydrogens is 280 g/mol. The Morgan fingerprint density at radius 3 is 2.90 bits per heavy atom. The van der Waals surface area contributed by atoms with Crippen molar-refractivity contribution in [3.63, 3.8) is 0 Å². The van der Waals surface area contributed by atoms with Gasteiger partial charge in [0.25, 0.3) is 0 Å². The van der Waals surface area contributed by atoms with Crippen molar-refractivity contribution in [1.82, 2.24) is 5.32 Å². The average Bonchev–Trinajstić information content (AvgIpc) is 2.99. The highest BCUT2D eigenvalue weighted by Crippen LogP contribution is 2.14. The Labute approximate surface area is 130 Å². The first-order chi connectivity index (χ1) is 10.3. The molecule has 0 atom stereocenters. The Bertz CT molecular complexity index is 552. The summed E-state index contributed by atoms with van der Waals surface area (Å²) in [6, 6.07) is 12.2. The number of rotatable bonds is 8. The zero-order valence-corrected chi connectivity index (χ0v) is 13.2. The number of hydrogen-bond acceptors (Lipinski definition) is 3. The van der Waals surface area contributed by atoms with Crippen molar-refractivity contribution in [3.8, 4) is 0 Å². The zero-order valence-electron chi connectivity index (χ0n) is 12.4. The van der Waals surface area contributed by atoms with E-state index in [9.17, 15) is 4.79 Å². The van der Waals surface area contributed by atoms with Gasteiger partial charge in [0.15, 0.2) is 0 Å². The third-order valence-corrected chi connectivity index (χ3v) is 4.13. The Balaban J connectivity index is 1.76. The van der Waals surface area contributed by atoms with Gasteiger partial charge in [0.05, 0.1) is 0 Å². The number of benzene rings is 1. The SMILES string of the molecule is CCNCc1cccc(NC(=O)CCCc2cccs2)c1. The molecule has 112 valence electrons. The molecule has 1 amide bonds. The van der Waals surface area contributed by atoms with Crippen molar-refractivity contribution in [2.24, 2.45) is 0 Å². The largest absolute Gasteiger partial charge is 0.326 e. The first kappa shape index (κ1) is 15.7. The van der Waals surface area contributed by atoms with Crippen LogP contribution in [0.5, 0.6) is 0 Å². The molecule has 0 saturated carbocycles. The van der Waals surface area contributed by atoms with E-state index in [1.807, 2.05) is 18.2 Å². The minimum atomic E-state index is 0.0900. The fraction of sp³-hybridized carbons (Fsp3) is 0.353. The van der Waals surface area contributed by atoms with E-state index in [0.717, 1.165) is 31.6 Å². The molecule has 0 aliphatic heterocycles. The van der Waals surface area contributed by atoms with Crippen LogP contribution in [0.1, 0.15) is 30.2 Å². The lowest BCUT2D eigenvalue weighted by Gasteiger charge is -2.08. The predicted molar refractivity (Wildman–Crippen MR) is 89.7 cm³/mol. The number of amides is 1. The molecule has 0 saturated heterocycles. The maximum Gasteiger partial charge on any atom is 0.224 e. The van der Waals surface area contributed by atoms with Crippen molar-refractivity contribution in [1.29, 1.82) is 0 Å². The lowest BCUT2D eigenvalue weighted by molar-refractivity contribution is -0.116. The van der Waals surface area contributed by atoms with Crippen LogP contribution < -0.4 is 10.6 Å². The Morgan fingerprint density at radius 2 is 2.14 bits per heavy atom. The van der Waals surface area contributed by atoms with E-state index in [-0.39, 0.29) is 5.91 Å². The van der Waals surface area contributed by atoms with Crippen molar-refractivity contribution < 1.29 is 4.79 Å². The zero-order chi connectivity index (χ0) is 14.9. The second kappa shape index (κ2) is 8.60. The van der Waals surface area contributed by atoms with E-state index in [0.29, 0.717) is 6.42 Å². The summed E-state index contributed by atoms with van der Waals surface area (Å²) in [7, 11) is 0. The Hall–Kier alpha value is -1.65. The van der Waals surface area contributed by atoms with E-state index in [1.54, 1.807) is 11.3 Å².